The van der Waals surface area contributed by atoms with Gasteiger partial charge in [0.05, 0.1) is 27.9 Å². The van der Waals surface area contributed by atoms with Crippen LogP contribution >= 0.6 is 0 Å². The predicted octanol–water partition coefficient (Wildman–Crippen LogP) is 4.39. The summed E-state index contributed by atoms with van der Waals surface area (Å²) in [5, 5.41) is 0. The van der Waals surface area contributed by atoms with Crippen LogP contribution in [0.4, 0.5) is 0 Å². The Kier molecular flexibility index (Phi) is 7.29. The molecular weight excluding hydrogens is 344 g/mol. The van der Waals surface area contributed by atoms with Gasteiger partial charge in [0.25, 0.3) is 0 Å². The summed E-state index contributed by atoms with van der Waals surface area (Å²) < 4.78 is 21.8. The fourth-order valence-electron chi connectivity index (χ4n) is 2.96. The van der Waals surface area contributed by atoms with Gasteiger partial charge in [-0.15, -0.1) is 0 Å². The fraction of sp³-hybridized carbons (Fsp3) is 0.318. The molecule has 0 fully saturated rings. The molecule has 0 aliphatic carbocycles. The lowest BCUT2D eigenvalue weighted by Gasteiger charge is -2.20. The number of carbonyl (C=O) groups is 1. The smallest absolute Gasteiger partial charge is 0.161 e. The van der Waals surface area contributed by atoms with E-state index in [2.05, 4.69) is 6.58 Å². The van der Waals surface area contributed by atoms with Crippen LogP contribution in [0.3, 0.4) is 0 Å². The van der Waals surface area contributed by atoms with Gasteiger partial charge in [0.15, 0.2) is 28.8 Å². The number of hydrogen-bond donors (Lipinski definition) is 0. The van der Waals surface area contributed by atoms with Gasteiger partial charge >= 0.3 is 0 Å². The highest BCUT2D eigenvalue weighted by Gasteiger charge is 2.21. The van der Waals surface area contributed by atoms with Gasteiger partial charge in [0, 0.05) is 12.3 Å². The van der Waals surface area contributed by atoms with Crippen molar-refractivity contribution in [2.45, 2.75) is 19.3 Å². The largest absolute Gasteiger partial charge is 0.493 e. The molecular formula is C22H26O5. The average molecular weight is 370 g/mol. The van der Waals surface area contributed by atoms with Gasteiger partial charge in [0.2, 0.25) is 0 Å². The van der Waals surface area contributed by atoms with E-state index >= 15 is 0 Å². The van der Waals surface area contributed by atoms with Crippen LogP contribution in [0, 0.1) is 0 Å². The highest BCUT2D eigenvalue weighted by Crippen LogP contribution is 2.38. The SMILES string of the molecule is C=CC(=O)CC(c1ccc(OC)c(OC)c1)c1ccc(OC)c(OCC)c1. The van der Waals surface area contributed by atoms with E-state index in [4.69, 9.17) is 18.9 Å². The average Bonchev–Trinajstić information content (AvgIpc) is 2.71. The quantitative estimate of drug-likeness (QED) is 0.581. The van der Waals surface area contributed by atoms with Crippen LogP contribution in [-0.4, -0.2) is 33.7 Å². The van der Waals surface area contributed by atoms with Gasteiger partial charge in [-0.2, -0.15) is 0 Å². The van der Waals surface area contributed by atoms with Crippen LogP contribution in [0.1, 0.15) is 30.4 Å². The Labute approximate surface area is 160 Å². The van der Waals surface area contributed by atoms with E-state index in [1.807, 2.05) is 43.3 Å². The summed E-state index contributed by atoms with van der Waals surface area (Å²) in [5.41, 5.74) is 1.89. The van der Waals surface area contributed by atoms with E-state index in [1.165, 1.54) is 6.08 Å². The highest BCUT2D eigenvalue weighted by molar-refractivity contribution is 5.90. The lowest BCUT2D eigenvalue weighted by atomic mass is 9.86. The maximum Gasteiger partial charge on any atom is 0.161 e. The first kappa shape index (κ1) is 20.4. The molecule has 0 heterocycles. The van der Waals surface area contributed by atoms with Crippen LogP contribution in [-0.2, 0) is 4.79 Å². The number of hydrogen-bond acceptors (Lipinski definition) is 5. The number of carbonyl (C=O) groups excluding carboxylic acids is 1. The third kappa shape index (κ3) is 4.82. The van der Waals surface area contributed by atoms with Crippen LogP contribution < -0.4 is 18.9 Å². The van der Waals surface area contributed by atoms with Gasteiger partial charge in [-0.3, -0.25) is 4.79 Å². The van der Waals surface area contributed by atoms with Crippen LogP contribution in [0.5, 0.6) is 23.0 Å². The maximum absolute atomic E-state index is 12.2. The number of rotatable bonds is 10. The monoisotopic (exact) mass is 370 g/mol. The van der Waals surface area contributed by atoms with Gasteiger partial charge in [-0.05, 0) is 48.4 Å². The molecule has 0 aromatic heterocycles. The molecule has 0 spiro atoms. The molecule has 0 saturated heterocycles. The molecule has 5 nitrogen and oxygen atoms in total. The molecule has 0 saturated carbocycles. The molecule has 0 aliphatic heterocycles. The summed E-state index contributed by atoms with van der Waals surface area (Å²) in [7, 11) is 4.78. The van der Waals surface area contributed by atoms with E-state index in [-0.39, 0.29) is 18.1 Å². The summed E-state index contributed by atoms with van der Waals surface area (Å²) in [6.45, 7) is 6.03. The first-order chi connectivity index (χ1) is 13.1. The molecule has 2 aromatic carbocycles. The standard InChI is InChI=1S/C22H26O5/c1-6-17(23)14-18(15-8-10-19(24-3)21(12-15)26-5)16-9-11-20(25-4)22(13-16)27-7-2/h6,8-13,18H,1,7,14H2,2-5H3. The third-order valence-electron chi connectivity index (χ3n) is 4.33. The summed E-state index contributed by atoms with van der Waals surface area (Å²) in [5.74, 6) is 2.34. The molecule has 0 radical (unpaired) electrons. The minimum atomic E-state index is -0.180. The number of methoxy groups -OCH3 is 3. The Morgan fingerprint density at radius 3 is 1.93 bits per heavy atom. The van der Waals surface area contributed by atoms with E-state index in [0.29, 0.717) is 29.6 Å². The summed E-state index contributed by atoms with van der Waals surface area (Å²) in [6.07, 6.45) is 1.64. The van der Waals surface area contributed by atoms with Gasteiger partial charge in [-0.25, -0.2) is 0 Å². The number of ether oxygens (including phenoxy) is 4. The molecule has 5 heteroatoms. The van der Waals surface area contributed by atoms with Crippen LogP contribution in [0.2, 0.25) is 0 Å². The Bertz CT molecular complexity index is 797. The van der Waals surface area contributed by atoms with Gasteiger partial charge < -0.3 is 18.9 Å². The Morgan fingerprint density at radius 2 is 1.44 bits per heavy atom. The second kappa shape index (κ2) is 9.67. The van der Waals surface area contributed by atoms with E-state index in [1.54, 1.807) is 21.3 Å². The Balaban J connectivity index is 2.53. The van der Waals surface area contributed by atoms with Gasteiger partial charge in [0.1, 0.15) is 0 Å². The minimum Gasteiger partial charge on any atom is -0.493 e. The molecule has 144 valence electrons. The molecule has 1 unspecified atom stereocenters. The zero-order chi connectivity index (χ0) is 19.8. The van der Waals surface area contributed by atoms with Crippen molar-refractivity contribution in [3.63, 3.8) is 0 Å². The summed E-state index contributed by atoms with van der Waals surface area (Å²) in [4.78, 5) is 12.2. The van der Waals surface area contributed by atoms with Crippen molar-refractivity contribution in [3.05, 3.63) is 60.2 Å². The molecule has 0 aliphatic rings. The minimum absolute atomic E-state index is 0.0384. The van der Waals surface area contributed by atoms with Crippen molar-refractivity contribution in [3.8, 4) is 23.0 Å². The normalized spacial score (nSPS) is 11.4. The molecule has 1 atom stereocenters. The van der Waals surface area contributed by atoms with Crippen molar-refractivity contribution >= 4 is 5.78 Å². The molecule has 0 bridgehead atoms. The van der Waals surface area contributed by atoms with Crippen molar-refractivity contribution < 1.29 is 23.7 Å². The topological polar surface area (TPSA) is 54.0 Å². The Hall–Kier alpha value is -2.95. The fourth-order valence-corrected chi connectivity index (χ4v) is 2.96. The molecule has 27 heavy (non-hydrogen) atoms. The zero-order valence-corrected chi connectivity index (χ0v) is 16.3. The second-order valence-electron chi connectivity index (χ2n) is 5.88. The maximum atomic E-state index is 12.2. The molecule has 0 N–H and O–H groups in total. The van der Waals surface area contributed by atoms with Crippen molar-refractivity contribution in [2.75, 3.05) is 27.9 Å². The Morgan fingerprint density at radius 1 is 0.926 bits per heavy atom. The number of allylic oxidation sites excluding steroid dienone is 1. The first-order valence-electron chi connectivity index (χ1n) is 8.75. The summed E-state index contributed by atoms with van der Waals surface area (Å²) >= 11 is 0. The van der Waals surface area contributed by atoms with Crippen molar-refractivity contribution in [1.82, 2.24) is 0 Å². The number of ketones is 1. The first-order valence-corrected chi connectivity index (χ1v) is 8.75. The third-order valence-corrected chi connectivity index (χ3v) is 4.33. The van der Waals surface area contributed by atoms with Crippen molar-refractivity contribution in [2.24, 2.45) is 0 Å². The molecule has 2 aromatic rings. The molecule has 0 amide bonds. The van der Waals surface area contributed by atoms with Crippen molar-refractivity contribution in [1.29, 1.82) is 0 Å². The van der Waals surface area contributed by atoms with E-state index in [9.17, 15) is 4.79 Å². The second-order valence-corrected chi connectivity index (χ2v) is 5.88. The number of benzene rings is 2. The predicted molar refractivity (Wildman–Crippen MR) is 105 cm³/mol. The lowest BCUT2D eigenvalue weighted by molar-refractivity contribution is -0.114. The summed E-state index contributed by atoms with van der Waals surface area (Å²) in [6, 6.07) is 11.4. The van der Waals surface area contributed by atoms with E-state index < -0.39 is 0 Å². The molecule has 2 rings (SSSR count). The highest BCUT2D eigenvalue weighted by atomic mass is 16.5. The zero-order valence-electron chi connectivity index (χ0n) is 16.3. The van der Waals surface area contributed by atoms with Gasteiger partial charge in [-0.1, -0.05) is 18.7 Å². The lowest BCUT2D eigenvalue weighted by Crippen LogP contribution is -2.08. The van der Waals surface area contributed by atoms with Crippen LogP contribution in [0.15, 0.2) is 49.1 Å². The van der Waals surface area contributed by atoms with Crippen LogP contribution in [0.25, 0.3) is 0 Å². The van der Waals surface area contributed by atoms with E-state index in [0.717, 1.165) is 11.1 Å².